The molecule has 0 atom stereocenters. The summed E-state index contributed by atoms with van der Waals surface area (Å²) in [6.45, 7) is 0. The van der Waals surface area contributed by atoms with Gasteiger partial charge in [0.2, 0.25) is 0 Å². The van der Waals surface area contributed by atoms with Crippen molar-refractivity contribution in [2.24, 2.45) is 0 Å². The van der Waals surface area contributed by atoms with Gasteiger partial charge in [-0.15, -0.1) is 13.2 Å². The topological polar surface area (TPSA) is 89.0 Å². The summed E-state index contributed by atoms with van der Waals surface area (Å²) in [6.07, 6.45) is -9.54. The van der Waals surface area contributed by atoms with Gasteiger partial charge in [0.25, 0.3) is 6.43 Å². The third-order valence-corrected chi connectivity index (χ3v) is 1.98. The van der Waals surface area contributed by atoms with Crippen molar-refractivity contribution in [1.29, 1.82) is 5.26 Å². The van der Waals surface area contributed by atoms with E-state index in [1.165, 1.54) is 6.07 Å². The van der Waals surface area contributed by atoms with Crippen molar-refractivity contribution in [3.63, 3.8) is 0 Å². The summed E-state index contributed by atoms with van der Waals surface area (Å²) in [5.74, 6) is -2.76. The number of nitro groups is 1. The third kappa shape index (κ3) is 3.74. The van der Waals surface area contributed by atoms with E-state index in [4.69, 9.17) is 5.26 Å². The Hall–Kier alpha value is -2.51. The van der Waals surface area contributed by atoms with Crippen LogP contribution in [0.4, 0.5) is 27.8 Å². The van der Waals surface area contributed by atoms with Gasteiger partial charge >= 0.3 is 18.1 Å². The minimum absolute atomic E-state index is 0.508. The number of pyridine rings is 1. The average molecular weight is 297 g/mol. The summed E-state index contributed by atoms with van der Waals surface area (Å²) in [7, 11) is 0. The first-order valence-electron chi connectivity index (χ1n) is 4.74. The van der Waals surface area contributed by atoms with E-state index in [9.17, 15) is 32.1 Å². The van der Waals surface area contributed by atoms with Gasteiger partial charge in [0.15, 0.2) is 0 Å². The summed E-state index contributed by atoms with van der Waals surface area (Å²) < 4.78 is 65.1. The van der Waals surface area contributed by atoms with Gasteiger partial charge in [0.1, 0.15) is 5.56 Å². The summed E-state index contributed by atoms with van der Waals surface area (Å²) in [5, 5.41) is 18.9. The van der Waals surface area contributed by atoms with Crippen LogP contribution in [0.1, 0.15) is 17.6 Å². The van der Waals surface area contributed by atoms with Crippen molar-refractivity contribution < 1.29 is 31.6 Å². The first-order chi connectivity index (χ1) is 9.15. The summed E-state index contributed by atoms with van der Waals surface area (Å²) >= 11 is 0. The molecule has 0 aromatic carbocycles. The number of nitrogens with zero attached hydrogens (tertiary/aromatic N) is 3. The van der Waals surface area contributed by atoms with Crippen LogP contribution in [0.25, 0.3) is 0 Å². The van der Waals surface area contributed by atoms with Crippen molar-refractivity contribution in [3.8, 4) is 11.9 Å². The molecule has 0 N–H and O–H groups in total. The molecule has 6 nitrogen and oxygen atoms in total. The molecular formula is C9H4F5N3O3. The van der Waals surface area contributed by atoms with Gasteiger partial charge in [0, 0.05) is 11.1 Å². The van der Waals surface area contributed by atoms with Crippen molar-refractivity contribution in [3.05, 3.63) is 27.3 Å². The van der Waals surface area contributed by atoms with Crippen molar-refractivity contribution >= 4 is 5.82 Å². The molecule has 108 valence electrons. The van der Waals surface area contributed by atoms with Crippen LogP contribution in [0.3, 0.4) is 0 Å². The summed E-state index contributed by atoms with van der Waals surface area (Å²) in [5.41, 5.74) is -1.95. The number of halogens is 5. The van der Waals surface area contributed by atoms with Crippen LogP contribution in [0.2, 0.25) is 0 Å². The van der Waals surface area contributed by atoms with E-state index in [0.29, 0.717) is 6.07 Å². The van der Waals surface area contributed by atoms with Crippen LogP contribution in [-0.2, 0) is 6.42 Å². The number of aromatic nitrogens is 1. The summed E-state index contributed by atoms with van der Waals surface area (Å²) in [4.78, 5) is 12.1. The molecule has 0 spiro atoms. The maximum absolute atomic E-state index is 12.8. The molecule has 0 unspecified atom stereocenters. The molecule has 0 aliphatic rings. The second kappa shape index (κ2) is 5.64. The molecule has 0 amide bonds. The van der Waals surface area contributed by atoms with E-state index in [0.717, 1.165) is 0 Å². The highest BCUT2D eigenvalue weighted by Gasteiger charge is 2.38. The van der Waals surface area contributed by atoms with E-state index in [1.54, 1.807) is 0 Å². The zero-order valence-electron chi connectivity index (χ0n) is 9.32. The van der Waals surface area contributed by atoms with Gasteiger partial charge in [-0.25, -0.2) is 8.78 Å². The van der Waals surface area contributed by atoms with E-state index in [2.05, 4.69) is 9.72 Å². The highest BCUT2D eigenvalue weighted by atomic mass is 19.4. The molecule has 0 saturated carbocycles. The lowest BCUT2D eigenvalue weighted by atomic mass is 10.1. The van der Waals surface area contributed by atoms with Crippen molar-refractivity contribution in [2.75, 3.05) is 0 Å². The Morgan fingerprint density at radius 2 is 2.10 bits per heavy atom. The second-order valence-electron chi connectivity index (χ2n) is 3.30. The SMILES string of the molecule is N#CCc1cc([N+](=O)[O-])nc(OC(F)(F)F)c1C(F)F. The van der Waals surface area contributed by atoms with E-state index >= 15 is 0 Å². The fourth-order valence-electron chi connectivity index (χ4n) is 1.31. The van der Waals surface area contributed by atoms with Crippen LogP contribution in [0, 0.1) is 21.4 Å². The number of nitriles is 1. The quantitative estimate of drug-likeness (QED) is 0.484. The van der Waals surface area contributed by atoms with Gasteiger partial charge in [-0.1, -0.05) is 0 Å². The van der Waals surface area contributed by atoms with Crippen LogP contribution < -0.4 is 4.74 Å². The number of ether oxygens (including phenoxy) is 1. The fourth-order valence-corrected chi connectivity index (χ4v) is 1.31. The molecule has 0 bridgehead atoms. The molecule has 20 heavy (non-hydrogen) atoms. The van der Waals surface area contributed by atoms with Gasteiger partial charge in [-0.2, -0.15) is 5.26 Å². The first-order valence-corrected chi connectivity index (χ1v) is 4.74. The molecular weight excluding hydrogens is 293 g/mol. The molecule has 1 rings (SSSR count). The Bertz CT molecular complexity index is 567. The Labute approximate surface area is 107 Å². The largest absolute Gasteiger partial charge is 0.575 e. The maximum atomic E-state index is 12.8. The molecule has 1 aromatic heterocycles. The molecule has 0 fully saturated rings. The zero-order chi connectivity index (χ0) is 15.5. The third-order valence-electron chi connectivity index (χ3n) is 1.98. The normalized spacial score (nSPS) is 11.2. The van der Waals surface area contributed by atoms with Gasteiger partial charge in [-0.3, -0.25) is 0 Å². The highest BCUT2D eigenvalue weighted by molar-refractivity contribution is 5.43. The minimum atomic E-state index is -5.35. The average Bonchev–Trinajstić information content (AvgIpc) is 2.25. The first kappa shape index (κ1) is 15.5. The Balaban J connectivity index is 3.51. The van der Waals surface area contributed by atoms with Gasteiger partial charge in [-0.05, 0) is 10.5 Å². The van der Waals surface area contributed by atoms with Crippen molar-refractivity contribution in [2.45, 2.75) is 19.2 Å². The molecule has 0 radical (unpaired) electrons. The van der Waals surface area contributed by atoms with E-state index in [-0.39, 0.29) is 0 Å². The predicted octanol–water partition coefficient (Wildman–Crippen LogP) is 2.89. The van der Waals surface area contributed by atoms with Gasteiger partial charge in [0.05, 0.1) is 12.5 Å². The lowest BCUT2D eigenvalue weighted by Crippen LogP contribution is -2.20. The van der Waals surface area contributed by atoms with Crippen molar-refractivity contribution in [1.82, 2.24) is 4.98 Å². The van der Waals surface area contributed by atoms with Crippen LogP contribution in [0.5, 0.6) is 5.88 Å². The highest BCUT2D eigenvalue weighted by Crippen LogP contribution is 2.36. The van der Waals surface area contributed by atoms with Crippen LogP contribution >= 0.6 is 0 Å². The Morgan fingerprint density at radius 1 is 1.50 bits per heavy atom. The molecule has 0 aliphatic carbocycles. The van der Waals surface area contributed by atoms with E-state index in [1.807, 2.05) is 0 Å². The standard InChI is InChI=1S/C9H4F5N3O3/c10-7(11)6-4(1-2-15)3-5(17(18)19)16-8(6)20-9(12,13)14/h3,7H,1H2. The molecule has 11 heteroatoms. The lowest BCUT2D eigenvalue weighted by Gasteiger charge is -2.11. The second-order valence-corrected chi connectivity index (χ2v) is 3.30. The predicted molar refractivity (Wildman–Crippen MR) is 51.8 cm³/mol. The minimum Gasteiger partial charge on any atom is -0.366 e. The molecule has 1 heterocycles. The lowest BCUT2D eigenvalue weighted by molar-refractivity contribution is -0.390. The number of hydrogen-bond acceptors (Lipinski definition) is 5. The van der Waals surface area contributed by atoms with Crippen LogP contribution in [-0.4, -0.2) is 16.3 Å². The number of rotatable bonds is 4. The smallest absolute Gasteiger partial charge is 0.366 e. The fraction of sp³-hybridized carbons (Fsp3) is 0.333. The Morgan fingerprint density at radius 3 is 2.50 bits per heavy atom. The maximum Gasteiger partial charge on any atom is 0.575 e. The van der Waals surface area contributed by atoms with Gasteiger partial charge < -0.3 is 14.9 Å². The molecule has 1 aromatic rings. The zero-order valence-corrected chi connectivity index (χ0v) is 9.32. The number of alkyl halides is 5. The van der Waals surface area contributed by atoms with E-state index < -0.39 is 47.0 Å². The Kier molecular flexibility index (Phi) is 4.38. The number of hydrogen-bond donors (Lipinski definition) is 0. The molecule has 0 aliphatic heterocycles. The van der Waals surface area contributed by atoms with Crippen LogP contribution in [0.15, 0.2) is 6.07 Å². The monoisotopic (exact) mass is 297 g/mol. The summed E-state index contributed by atoms with van der Waals surface area (Å²) in [6, 6.07) is 1.92. The molecule has 0 saturated heterocycles.